The number of aliphatic hydroxyl groups is 1. The van der Waals surface area contributed by atoms with Gasteiger partial charge in [0.2, 0.25) is 0 Å². The minimum Gasteiger partial charge on any atom is -0.490 e. The molecule has 1 N–H and O–H groups in total. The standard InChI is InChI=1S/C14H20O2/c15-11-12-6-5-9-14(10-12)16-13-7-3-1-2-4-8-13/h5-6,9-10,13,15H,1-4,7-8,11H2. The number of benzene rings is 1. The van der Waals surface area contributed by atoms with E-state index >= 15 is 0 Å². The molecule has 16 heavy (non-hydrogen) atoms. The molecule has 88 valence electrons. The fourth-order valence-electron chi connectivity index (χ4n) is 2.27. The smallest absolute Gasteiger partial charge is 0.120 e. The molecule has 0 aliphatic heterocycles. The highest BCUT2D eigenvalue weighted by atomic mass is 16.5. The second-order valence-electron chi connectivity index (χ2n) is 4.54. The van der Waals surface area contributed by atoms with Gasteiger partial charge in [-0.25, -0.2) is 0 Å². The Morgan fingerprint density at radius 2 is 1.88 bits per heavy atom. The number of hydrogen-bond acceptors (Lipinski definition) is 2. The van der Waals surface area contributed by atoms with Crippen LogP contribution in [0.25, 0.3) is 0 Å². The molecule has 0 saturated heterocycles. The van der Waals surface area contributed by atoms with Crippen LogP contribution in [0, 0.1) is 0 Å². The van der Waals surface area contributed by atoms with Gasteiger partial charge in [0.05, 0.1) is 12.7 Å². The van der Waals surface area contributed by atoms with Gasteiger partial charge in [-0.1, -0.05) is 25.0 Å². The van der Waals surface area contributed by atoms with Crippen LogP contribution in [-0.4, -0.2) is 11.2 Å². The molecule has 0 heterocycles. The highest BCUT2D eigenvalue weighted by Gasteiger charge is 2.13. The van der Waals surface area contributed by atoms with Crippen LogP contribution in [0.4, 0.5) is 0 Å². The average molecular weight is 220 g/mol. The van der Waals surface area contributed by atoms with Gasteiger partial charge in [-0.3, -0.25) is 0 Å². The van der Waals surface area contributed by atoms with Crippen molar-refractivity contribution in [2.24, 2.45) is 0 Å². The first-order chi connectivity index (χ1) is 7.88. The molecule has 0 spiro atoms. The van der Waals surface area contributed by atoms with Crippen molar-refractivity contribution in [2.45, 2.75) is 51.2 Å². The fraction of sp³-hybridized carbons (Fsp3) is 0.571. The van der Waals surface area contributed by atoms with E-state index in [0.717, 1.165) is 11.3 Å². The Labute approximate surface area is 97.3 Å². The van der Waals surface area contributed by atoms with E-state index in [0.29, 0.717) is 6.10 Å². The molecule has 1 aromatic rings. The first-order valence-electron chi connectivity index (χ1n) is 6.25. The van der Waals surface area contributed by atoms with E-state index < -0.39 is 0 Å². The minimum atomic E-state index is 0.0852. The van der Waals surface area contributed by atoms with Gasteiger partial charge in [-0.2, -0.15) is 0 Å². The predicted molar refractivity (Wildman–Crippen MR) is 64.5 cm³/mol. The SMILES string of the molecule is OCc1cccc(OC2CCCCCC2)c1. The summed E-state index contributed by atoms with van der Waals surface area (Å²) in [7, 11) is 0. The quantitative estimate of drug-likeness (QED) is 0.792. The summed E-state index contributed by atoms with van der Waals surface area (Å²) >= 11 is 0. The zero-order valence-electron chi connectivity index (χ0n) is 9.69. The third-order valence-corrected chi connectivity index (χ3v) is 3.19. The maximum atomic E-state index is 9.06. The van der Waals surface area contributed by atoms with E-state index in [-0.39, 0.29) is 6.61 Å². The van der Waals surface area contributed by atoms with Crippen molar-refractivity contribution in [1.29, 1.82) is 0 Å². The van der Waals surface area contributed by atoms with Crippen LogP contribution in [-0.2, 0) is 6.61 Å². The molecule has 1 aliphatic carbocycles. The molecule has 0 atom stereocenters. The van der Waals surface area contributed by atoms with Crippen LogP contribution in [0.1, 0.15) is 44.1 Å². The molecule has 0 unspecified atom stereocenters. The van der Waals surface area contributed by atoms with Crippen molar-refractivity contribution in [2.75, 3.05) is 0 Å². The van der Waals surface area contributed by atoms with Gasteiger partial charge < -0.3 is 9.84 Å². The van der Waals surface area contributed by atoms with Gasteiger partial charge in [0, 0.05) is 0 Å². The van der Waals surface area contributed by atoms with E-state index in [1.54, 1.807) is 0 Å². The van der Waals surface area contributed by atoms with Crippen molar-refractivity contribution in [1.82, 2.24) is 0 Å². The zero-order valence-corrected chi connectivity index (χ0v) is 9.69. The van der Waals surface area contributed by atoms with Crippen LogP contribution < -0.4 is 4.74 Å². The van der Waals surface area contributed by atoms with Crippen LogP contribution in [0.15, 0.2) is 24.3 Å². The summed E-state index contributed by atoms with van der Waals surface area (Å²) in [6.45, 7) is 0.0852. The van der Waals surface area contributed by atoms with Crippen molar-refractivity contribution in [3.63, 3.8) is 0 Å². The molecule has 1 aliphatic rings. The lowest BCUT2D eigenvalue weighted by Crippen LogP contribution is -2.15. The number of ether oxygens (including phenoxy) is 1. The Hall–Kier alpha value is -1.02. The van der Waals surface area contributed by atoms with Crippen molar-refractivity contribution < 1.29 is 9.84 Å². The van der Waals surface area contributed by atoms with E-state index in [1.165, 1.54) is 38.5 Å². The summed E-state index contributed by atoms with van der Waals surface area (Å²) in [6, 6.07) is 7.77. The maximum absolute atomic E-state index is 9.06. The third kappa shape index (κ3) is 3.24. The molecule has 2 heteroatoms. The van der Waals surface area contributed by atoms with Gasteiger partial charge in [0.1, 0.15) is 5.75 Å². The van der Waals surface area contributed by atoms with Gasteiger partial charge in [0.15, 0.2) is 0 Å². The Morgan fingerprint density at radius 3 is 2.56 bits per heavy atom. The predicted octanol–water partition coefficient (Wildman–Crippen LogP) is 3.28. The molecule has 1 aromatic carbocycles. The highest BCUT2D eigenvalue weighted by Crippen LogP contribution is 2.23. The summed E-state index contributed by atoms with van der Waals surface area (Å²) in [6.07, 6.45) is 7.96. The average Bonchev–Trinajstić information content (AvgIpc) is 2.58. The highest BCUT2D eigenvalue weighted by molar-refractivity contribution is 5.28. The number of rotatable bonds is 3. The molecule has 2 rings (SSSR count). The van der Waals surface area contributed by atoms with Crippen molar-refractivity contribution in [3.05, 3.63) is 29.8 Å². The van der Waals surface area contributed by atoms with Crippen LogP contribution in [0.5, 0.6) is 5.75 Å². The summed E-state index contributed by atoms with van der Waals surface area (Å²) in [5, 5.41) is 9.06. The van der Waals surface area contributed by atoms with Crippen LogP contribution in [0.3, 0.4) is 0 Å². The molecule has 0 aromatic heterocycles. The monoisotopic (exact) mass is 220 g/mol. The van der Waals surface area contributed by atoms with E-state index in [9.17, 15) is 0 Å². The van der Waals surface area contributed by atoms with Crippen LogP contribution >= 0.6 is 0 Å². The molecule has 2 nitrogen and oxygen atoms in total. The first-order valence-corrected chi connectivity index (χ1v) is 6.25. The number of hydrogen-bond donors (Lipinski definition) is 1. The summed E-state index contributed by atoms with van der Waals surface area (Å²) < 4.78 is 5.97. The Bertz CT molecular complexity index is 314. The zero-order chi connectivity index (χ0) is 11.2. The lowest BCUT2D eigenvalue weighted by Gasteiger charge is -2.17. The molecule has 0 radical (unpaired) electrons. The Balaban J connectivity index is 1.96. The third-order valence-electron chi connectivity index (χ3n) is 3.19. The van der Waals surface area contributed by atoms with Gasteiger partial charge in [0.25, 0.3) is 0 Å². The minimum absolute atomic E-state index is 0.0852. The largest absolute Gasteiger partial charge is 0.490 e. The second-order valence-corrected chi connectivity index (χ2v) is 4.54. The lowest BCUT2D eigenvalue weighted by molar-refractivity contribution is 0.183. The molecular weight excluding hydrogens is 200 g/mol. The summed E-state index contributed by atoms with van der Waals surface area (Å²) in [4.78, 5) is 0. The Kier molecular flexibility index (Phi) is 4.23. The van der Waals surface area contributed by atoms with E-state index in [1.807, 2.05) is 24.3 Å². The van der Waals surface area contributed by atoms with Crippen molar-refractivity contribution >= 4 is 0 Å². The summed E-state index contributed by atoms with van der Waals surface area (Å²) in [5.74, 6) is 0.901. The van der Waals surface area contributed by atoms with Crippen LogP contribution in [0.2, 0.25) is 0 Å². The second kappa shape index (κ2) is 5.90. The van der Waals surface area contributed by atoms with Gasteiger partial charge in [-0.05, 0) is 43.4 Å². The molecule has 0 amide bonds. The van der Waals surface area contributed by atoms with E-state index in [4.69, 9.17) is 9.84 Å². The molecule has 0 bridgehead atoms. The van der Waals surface area contributed by atoms with E-state index in [2.05, 4.69) is 0 Å². The molecule has 1 saturated carbocycles. The van der Waals surface area contributed by atoms with Gasteiger partial charge >= 0.3 is 0 Å². The van der Waals surface area contributed by atoms with Crippen molar-refractivity contribution in [3.8, 4) is 5.75 Å². The molecular formula is C14H20O2. The Morgan fingerprint density at radius 1 is 1.12 bits per heavy atom. The first kappa shape index (κ1) is 11.5. The lowest BCUT2D eigenvalue weighted by atomic mass is 10.1. The van der Waals surface area contributed by atoms with Gasteiger partial charge in [-0.15, -0.1) is 0 Å². The fourth-order valence-corrected chi connectivity index (χ4v) is 2.27. The maximum Gasteiger partial charge on any atom is 0.120 e. The molecule has 1 fully saturated rings. The summed E-state index contributed by atoms with van der Waals surface area (Å²) in [5.41, 5.74) is 0.922. The topological polar surface area (TPSA) is 29.5 Å². The normalized spacial score (nSPS) is 18.1. The number of aliphatic hydroxyl groups excluding tert-OH is 1.